The minimum Gasteiger partial charge on any atom is -0.298 e. The van der Waals surface area contributed by atoms with E-state index in [4.69, 9.17) is 0 Å². The molecule has 0 N–H and O–H groups in total. The molecule has 0 bridgehead atoms. The average Bonchev–Trinajstić information content (AvgIpc) is 2.26. The average molecular weight is 308 g/mol. The molecule has 114 valence electrons. The van der Waals surface area contributed by atoms with Crippen molar-refractivity contribution >= 4 is 17.3 Å². The lowest BCUT2D eigenvalue weighted by molar-refractivity contribution is -0.344. The summed E-state index contributed by atoms with van der Waals surface area (Å²) in [5.41, 5.74) is 0. The molecule has 1 rings (SSSR count). The standard InChI is InChI=1S/C10H7F7O3/c11-8(12,9(13,14)10(15,16)17)7(20)6-4(18)2-1-3-5(6)19/h6H,1-3H2. The number of hydrogen-bond donors (Lipinski definition) is 0. The number of rotatable bonds is 3. The van der Waals surface area contributed by atoms with E-state index in [9.17, 15) is 45.1 Å². The Morgan fingerprint density at radius 3 is 1.65 bits per heavy atom. The number of Topliss-reactive ketones (excluding diaryl/α,β-unsaturated/α-hetero) is 3. The summed E-state index contributed by atoms with van der Waals surface area (Å²) in [6.07, 6.45) is -7.76. The van der Waals surface area contributed by atoms with Crippen LogP contribution in [0.5, 0.6) is 0 Å². The van der Waals surface area contributed by atoms with Crippen LogP contribution >= 0.6 is 0 Å². The van der Waals surface area contributed by atoms with Crippen molar-refractivity contribution in [2.45, 2.75) is 37.3 Å². The van der Waals surface area contributed by atoms with Crippen LogP contribution in [0.4, 0.5) is 30.7 Å². The summed E-state index contributed by atoms with van der Waals surface area (Å²) >= 11 is 0. The summed E-state index contributed by atoms with van der Waals surface area (Å²) < 4.78 is 87.2. The van der Waals surface area contributed by atoms with E-state index in [1.54, 1.807) is 0 Å². The van der Waals surface area contributed by atoms with Gasteiger partial charge in [0.1, 0.15) is 5.92 Å². The van der Waals surface area contributed by atoms with Gasteiger partial charge in [-0.05, 0) is 6.42 Å². The number of carbonyl (C=O) groups excluding carboxylic acids is 3. The molecule has 0 aromatic carbocycles. The van der Waals surface area contributed by atoms with Crippen molar-refractivity contribution in [3.05, 3.63) is 0 Å². The van der Waals surface area contributed by atoms with Gasteiger partial charge in [0.05, 0.1) is 0 Å². The van der Waals surface area contributed by atoms with Crippen LogP contribution < -0.4 is 0 Å². The van der Waals surface area contributed by atoms with Crippen molar-refractivity contribution in [1.29, 1.82) is 0 Å². The molecule has 1 saturated carbocycles. The van der Waals surface area contributed by atoms with Crippen LogP contribution in [0.2, 0.25) is 0 Å². The van der Waals surface area contributed by atoms with Crippen molar-refractivity contribution in [2.75, 3.05) is 0 Å². The summed E-state index contributed by atoms with van der Waals surface area (Å²) in [5, 5.41) is 0. The SMILES string of the molecule is O=C1CCCC(=O)C1C(=O)C(F)(F)C(F)(F)C(F)(F)F. The van der Waals surface area contributed by atoms with Gasteiger partial charge in [-0.15, -0.1) is 0 Å². The highest BCUT2D eigenvalue weighted by Crippen LogP contribution is 2.48. The summed E-state index contributed by atoms with van der Waals surface area (Å²) in [6.45, 7) is 0. The second-order valence-electron chi connectivity index (χ2n) is 4.23. The van der Waals surface area contributed by atoms with Crippen LogP contribution in [0.15, 0.2) is 0 Å². The lowest BCUT2D eigenvalue weighted by Gasteiger charge is -2.29. The van der Waals surface area contributed by atoms with Crippen LogP contribution in [-0.4, -0.2) is 35.4 Å². The molecule has 10 heteroatoms. The molecular weight excluding hydrogens is 301 g/mol. The Kier molecular flexibility index (Phi) is 3.99. The highest BCUT2D eigenvalue weighted by atomic mass is 19.4. The zero-order valence-corrected chi connectivity index (χ0v) is 9.57. The van der Waals surface area contributed by atoms with Crippen molar-refractivity contribution < 1.29 is 45.1 Å². The molecule has 0 radical (unpaired) electrons. The molecular formula is C10H7F7O3. The fraction of sp³-hybridized carbons (Fsp3) is 0.700. The molecule has 0 amide bonds. The van der Waals surface area contributed by atoms with Gasteiger partial charge in [-0.3, -0.25) is 14.4 Å². The highest BCUT2D eigenvalue weighted by Gasteiger charge is 2.77. The quantitative estimate of drug-likeness (QED) is 0.594. The van der Waals surface area contributed by atoms with Gasteiger partial charge in [0.2, 0.25) is 5.78 Å². The first kappa shape index (κ1) is 16.6. The molecule has 1 aliphatic rings. The maximum atomic E-state index is 13.1. The number of ketones is 3. The lowest BCUT2D eigenvalue weighted by Crippen LogP contribution is -2.59. The van der Waals surface area contributed by atoms with Crippen molar-refractivity contribution in [3.63, 3.8) is 0 Å². The maximum absolute atomic E-state index is 13.1. The topological polar surface area (TPSA) is 51.2 Å². The van der Waals surface area contributed by atoms with E-state index in [2.05, 4.69) is 0 Å². The molecule has 1 fully saturated rings. The molecule has 0 saturated heterocycles. The lowest BCUT2D eigenvalue weighted by atomic mass is 9.80. The highest BCUT2D eigenvalue weighted by molar-refractivity contribution is 6.22. The van der Waals surface area contributed by atoms with Crippen molar-refractivity contribution in [3.8, 4) is 0 Å². The molecule has 20 heavy (non-hydrogen) atoms. The molecule has 0 atom stereocenters. The van der Waals surface area contributed by atoms with Crippen LogP contribution in [0, 0.1) is 5.92 Å². The van der Waals surface area contributed by atoms with Gasteiger partial charge >= 0.3 is 18.0 Å². The predicted molar refractivity (Wildman–Crippen MR) is 48.3 cm³/mol. The van der Waals surface area contributed by atoms with Crippen LogP contribution in [-0.2, 0) is 14.4 Å². The molecule has 3 nitrogen and oxygen atoms in total. The summed E-state index contributed by atoms with van der Waals surface area (Å²) in [5.74, 6) is -21.3. The first-order valence-corrected chi connectivity index (χ1v) is 5.26. The van der Waals surface area contributed by atoms with E-state index in [1.807, 2.05) is 0 Å². The number of halogens is 7. The summed E-state index contributed by atoms with van der Waals surface area (Å²) in [7, 11) is 0. The smallest absolute Gasteiger partial charge is 0.298 e. The Labute approximate surface area is 107 Å². The maximum Gasteiger partial charge on any atom is 0.460 e. The minimum absolute atomic E-state index is 0.0668. The number of carbonyl (C=O) groups is 3. The second kappa shape index (κ2) is 4.81. The molecule has 0 aliphatic heterocycles. The van der Waals surface area contributed by atoms with Gasteiger partial charge in [-0.2, -0.15) is 30.7 Å². The molecule has 0 heterocycles. The van der Waals surface area contributed by atoms with Gasteiger partial charge in [0.25, 0.3) is 0 Å². The number of alkyl halides is 7. The van der Waals surface area contributed by atoms with Gasteiger partial charge in [-0.1, -0.05) is 0 Å². The van der Waals surface area contributed by atoms with Gasteiger partial charge in [0.15, 0.2) is 11.6 Å². The second-order valence-corrected chi connectivity index (χ2v) is 4.23. The van der Waals surface area contributed by atoms with Gasteiger partial charge in [-0.25, -0.2) is 0 Å². The van der Waals surface area contributed by atoms with E-state index in [0.717, 1.165) is 0 Å². The molecule has 1 aliphatic carbocycles. The molecule has 0 aromatic heterocycles. The van der Waals surface area contributed by atoms with Gasteiger partial charge in [0, 0.05) is 12.8 Å². The summed E-state index contributed by atoms with van der Waals surface area (Å²) in [4.78, 5) is 33.5. The molecule has 0 unspecified atom stereocenters. The zero-order chi connectivity index (χ0) is 15.9. The van der Waals surface area contributed by atoms with Crippen molar-refractivity contribution in [1.82, 2.24) is 0 Å². The van der Waals surface area contributed by atoms with Gasteiger partial charge < -0.3 is 0 Å². The third-order valence-corrected chi connectivity index (χ3v) is 2.81. The van der Waals surface area contributed by atoms with E-state index in [0.29, 0.717) is 0 Å². The monoisotopic (exact) mass is 308 g/mol. The Balaban J connectivity index is 3.18. The third-order valence-electron chi connectivity index (χ3n) is 2.81. The van der Waals surface area contributed by atoms with Crippen LogP contribution in [0.3, 0.4) is 0 Å². The fourth-order valence-electron chi connectivity index (χ4n) is 1.71. The number of hydrogen-bond acceptors (Lipinski definition) is 3. The zero-order valence-electron chi connectivity index (χ0n) is 9.57. The minimum atomic E-state index is -6.69. The van der Waals surface area contributed by atoms with Crippen molar-refractivity contribution in [2.24, 2.45) is 5.92 Å². The van der Waals surface area contributed by atoms with E-state index < -0.39 is 54.1 Å². The largest absolute Gasteiger partial charge is 0.460 e. The Morgan fingerprint density at radius 1 is 0.900 bits per heavy atom. The normalized spacial score (nSPS) is 19.4. The Morgan fingerprint density at radius 2 is 1.30 bits per heavy atom. The van der Waals surface area contributed by atoms with E-state index >= 15 is 0 Å². The predicted octanol–water partition coefficient (Wildman–Crippen LogP) is 2.33. The Bertz CT molecular complexity index is 436. The molecule has 0 spiro atoms. The van der Waals surface area contributed by atoms with E-state index in [-0.39, 0.29) is 6.42 Å². The van der Waals surface area contributed by atoms with Crippen LogP contribution in [0.25, 0.3) is 0 Å². The molecule has 0 aromatic rings. The fourth-order valence-corrected chi connectivity index (χ4v) is 1.71. The summed E-state index contributed by atoms with van der Waals surface area (Å²) in [6, 6.07) is 0. The third kappa shape index (κ3) is 2.42. The first-order valence-electron chi connectivity index (χ1n) is 5.26. The Hall–Kier alpha value is -1.48. The van der Waals surface area contributed by atoms with E-state index in [1.165, 1.54) is 0 Å². The first-order chi connectivity index (χ1) is 8.84. The van der Waals surface area contributed by atoms with Crippen LogP contribution in [0.1, 0.15) is 19.3 Å².